The molecule has 3 heterocycles. The van der Waals surface area contributed by atoms with Crippen molar-refractivity contribution < 1.29 is 9.18 Å². The third-order valence-corrected chi connectivity index (χ3v) is 5.87. The minimum atomic E-state index is -0.331. The zero-order valence-corrected chi connectivity index (χ0v) is 15.5. The highest BCUT2D eigenvalue weighted by atomic mass is 32.1. The number of fused-ring (bicyclic) bond motifs is 1. The fraction of sp³-hybridized carbons (Fsp3) is 0.333. The molecule has 0 unspecified atom stereocenters. The van der Waals surface area contributed by atoms with Crippen molar-refractivity contribution in [1.29, 1.82) is 0 Å². The van der Waals surface area contributed by atoms with E-state index in [1.54, 1.807) is 19.1 Å². The van der Waals surface area contributed by atoms with Gasteiger partial charge in [-0.15, -0.1) is 0 Å². The molecular formula is C18H18FN5O2S. The van der Waals surface area contributed by atoms with Crippen LogP contribution in [-0.2, 0) is 4.79 Å². The summed E-state index contributed by atoms with van der Waals surface area (Å²) < 4.78 is 14.1. The minimum absolute atomic E-state index is 0.0969. The second kappa shape index (κ2) is 7.07. The first-order valence-corrected chi connectivity index (χ1v) is 9.49. The van der Waals surface area contributed by atoms with Gasteiger partial charge in [0, 0.05) is 24.7 Å². The van der Waals surface area contributed by atoms with Crippen LogP contribution < -0.4 is 15.8 Å². The summed E-state index contributed by atoms with van der Waals surface area (Å²) in [5.74, 6) is -0.566. The molecule has 1 fully saturated rings. The maximum absolute atomic E-state index is 13.6. The van der Waals surface area contributed by atoms with Gasteiger partial charge >= 0.3 is 0 Å². The number of amides is 1. The quantitative estimate of drug-likeness (QED) is 0.721. The molecule has 1 amide bonds. The van der Waals surface area contributed by atoms with Gasteiger partial charge in [0.15, 0.2) is 10.8 Å². The molecular weight excluding hydrogens is 369 g/mol. The first kappa shape index (κ1) is 17.6. The van der Waals surface area contributed by atoms with E-state index in [9.17, 15) is 14.0 Å². The number of halogens is 1. The molecule has 0 aliphatic carbocycles. The topological polar surface area (TPSA) is 91.0 Å². The first-order chi connectivity index (χ1) is 13.0. The van der Waals surface area contributed by atoms with Crippen LogP contribution in [0, 0.1) is 18.7 Å². The van der Waals surface area contributed by atoms with Gasteiger partial charge in [-0.25, -0.2) is 9.37 Å². The Labute approximate surface area is 158 Å². The Morgan fingerprint density at radius 3 is 2.85 bits per heavy atom. The van der Waals surface area contributed by atoms with E-state index >= 15 is 0 Å². The average Bonchev–Trinajstić information content (AvgIpc) is 3.11. The Morgan fingerprint density at radius 2 is 2.15 bits per heavy atom. The summed E-state index contributed by atoms with van der Waals surface area (Å²) in [5.41, 5.74) is 1.27. The third-order valence-electron chi connectivity index (χ3n) is 4.76. The van der Waals surface area contributed by atoms with Crippen LogP contribution in [0.1, 0.15) is 18.4 Å². The Morgan fingerprint density at radius 1 is 1.37 bits per heavy atom. The Balaban J connectivity index is 1.40. The van der Waals surface area contributed by atoms with Gasteiger partial charge in [0.2, 0.25) is 5.91 Å². The van der Waals surface area contributed by atoms with Crippen LogP contribution in [0.15, 0.2) is 29.3 Å². The number of nitrogens with one attached hydrogen (secondary N) is 2. The van der Waals surface area contributed by atoms with Crippen LogP contribution in [0.5, 0.6) is 0 Å². The molecule has 0 spiro atoms. The van der Waals surface area contributed by atoms with Crippen molar-refractivity contribution in [1.82, 2.24) is 15.0 Å². The lowest BCUT2D eigenvalue weighted by Crippen LogP contribution is -2.38. The van der Waals surface area contributed by atoms with Crippen molar-refractivity contribution >= 4 is 38.4 Å². The number of aryl methyl sites for hydroxylation is 1. The van der Waals surface area contributed by atoms with E-state index in [-0.39, 0.29) is 23.2 Å². The summed E-state index contributed by atoms with van der Waals surface area (Å²) in [5, 5.41) is 3.54. The molecule has 1 aliphatic rings. The fourth-order valence-corrected chi connectivity index (χ4v) is 4.10. The Hall–Kier alpha value is -2.81. The number of hydrogen-bond donors (Lipinski definition) is 2. The van der Waals surface area contributed by atoms with Gasteiger partial charge in [0.25, 0.3) is 5.56 Å². The van der Waals surface area contributed by atoms with Crippen LogP contribution in [0.3, 0.4) is 0 Å². The van der Waals surface area contributed by atoms with Crippen molar-refractivity contribution in [2.24, 2.45) is 5.92 Å². The lowest BCUT2D eigenvalue weighted by Gasteiger charge is -2.30. The largest absolute Gasteiger partial charge is 0.348 e. The monoisotopic (exact) mass is 387 g/mol. The zero-order valence-electron chi connectivity index (χ0n) is 14.7. The maximum Gasteiger partial charge on any atom is 0.270 e. The number of aromatic nitrogens is 3. The fourth-order valence-electron chi connectivity index (χ4n) is 3.14. The number of anilines is 2. The zero-order chi connectivity index (χ0) is 19.0. The van der Waals surface area contributed by atoms with E-state index in [0.29, 0.717) is 47.5 Å². The summed E-state index contributed by atoms with van der Waals surface area (Å²) in [6, 6.07) is 4.70. The molecule has 1 aromatic carbocycles. The first-order valence-electron chi connectivity index (χ1n) is 8.67. The smallest absolute Gasteiger partial charge is 0.270 e. The van der Waals surface area contributed by atoms with E-state index in [1.807, 2.05) is 0 Å². The van der Waals surface area contributed by atoms with Gasteiger partial charge in [-0.2, -0.15) is 4.98 Å². The number of carbonyl (C=O) groups excluding carboxylic acids is 1. The molecule has 27 heavy (non-hydrogen) atoms. The van der Waals surface area contributed by atoms with E-state index in [1.165, 1.54) is 23.7 Å². The summed E-state index contributed by atoms with van der Waals surface area (Å²) in [6.07, 6.45) is 2.68. The van der Waals surface area contributed by atoms with Crippen LogP contribution >= 0.6 is 11.3 Å². The van der Waals surface area contributed by atoms with E-state index in [2.05, 4.69) is 25.2 Å². The lowest BCUT2D eigenvalue weighted by atomic mass is 9.96. The summed E-state index contributed by atoms with van der Waals surface area (Å²) in [7, 11) is 0. The van der Waals surface area contributed by atoms with Gasteiger partial charge < -0.3 is 15.2 Å². The predicted molar refractivity (Wildman–Crippen MR) is 103 cm³/mol. The summed E-state index contributed by atoms with van der Waals surface area (Å²) in [4.78, 5) is 37.4. The van der Waals surface area contributed by atoms with Gasteiger partial charge in [0.1, 0.15) is 10.5 Å². The van der Waals surface area contributed by atoms with Gasteiger partial charge in [-0.05, 0) is 37.5 Å². The summed E-state index contributed by atoms with van der Waals surface area (Å²) >= 11 is 1.31. The molecule has 1 saturated heterocycles. The highest BCUT2D eigenvalue weighted by Crippen LogP contribution is 2.29. The van der Waals surface area contributed by atoms with Crippen molar-refractivity contribution in [3.8, 4) is 0 Å². The predicted octanol–water partition coefficient (Wildman–Crippen LogP) is 2.68. The standard InChI is InChI=1S/C18H18FN5O2S/c1-10-2-3-12(8-13(10)19)22-16(25)11-4-6-24(7-5-11)18-23-15-14(27-18)17(26)21-9-20-15/h2-3,8-9,11H,4-7H2,1H3,(H,22,25)(H,20,21,26). The highest BCUT2D eigenvalue weighted by Gasteiger charge is 2.27. The lowest BCUT2D eigenvalue weighted by molar-refractivity contribution is -0.120. The number of aromatic amines is 1. The van der Waals surface area contributed by atoms with Crippen molar-refractivity contribution in [3.63, 3.8) is 0 Å². The summed E-state index contributed by atoms with van der Waals surface area (Å²) in [6.45, 7) is 3.01. The molecule has 0 bridgehead atoms. The van der Waals surface area contributed by atoms with Crippen molar-refractivity contribution in [3.05, 3.63) is 46.3 Å². The number of thiazole rings is 1. The van der Waals surface area contributed by atoms with Crippen molar-refractivity contribution in [2.75, 3.05) is 23.3 Å². The second-order valence-corrected chi connectivity index (χ2v) is 7.57. The average molecular weight is 387 g/mol. The molecule has 0 saturated carbocycles. The van der Waals surface area contributed by atoms with Crippen LogP contribution in [0.2, 0.25) is 0 Å². The number of carbonyl (C=O) groups is 1. The second-order valence-electron chi connectivity index (χ2n) is 6.60. The molecule has 9 heteroatoms. The van der Waals surface area contributed by atoms with Gasteiger partial charge in [0.05, 0.1) is 6.33 Å². The van der Waals surface area contributed by atoms with Crippen molar-refractivity contribution in [2.45, 2.75) is 19.8 Å². The number of rotatable bonds is 3. The SMILES string of the molecule is Cc1ccc(NC(=O)C2CCN(c3nc4nc[nH]c(=O)c4s3)CC2)cc1F. The number of H-pyrrole nitrogens is 1. The molecule has 4 rings (SSSR count). The van der Waals surface area contributed by atoms with Crippen LogP contribution in [-0.4, -0.2) is 33.9 Å². The normalized spacial score (nSPS) is 15.3. The molecule has 3 aromatic rings. The molecule has 0 atom stereocenters. The van der Waals surface area contributed by atoms with E-state index < -0.39 is 0 Å². The number of hydrogen-bond acceptors (Lipinski definition) is 6. The molecule has 2 N–H and O–H groups in total. The minimum Gasteiger partial charge on any atom is -0.348 e. The molecule has 1 aliphatic heterocycles. The molecule has 0 radical (unpaired) electrons. The Bertz CT molecular complexity index is 1060. The molecule has 7 nitrogen and oxygen atoms in total. The van der Waals surface area contributed by atoms with E-state index in [4.69, 9.17) is 0 Å². The number of benzene rings is 1. The van der Waals surface area contributed by atoms with Gasteiger partial charge in [-0.3, -0.25) is 9.59 Å². The third kappa shape index (κ3) is 3.55. The number of piperidine rings is 1. The van der Waals surface area contributed by atoms with Gasteiger partial charge in [-0.1, -0.05) is 17.4 Å². The number of nitrogens with zero attached hydrogens (tertiary/aromatic N) is 3. The highest BCUT2D eigenvalue weighted by molar-refractivity contribution is 7.22. The van der Waals surface area contributed by atoms with E-state index in [0.717, 1.165) is 5.13 Å². The Kier molecular flexibility index (Phi) is 4.61. The van der Waals surface area contributed by atoms with Crippen LogP contribution in [0.4, 0.5) is 15.2 Å². The maximum atomic E-state index is 13.6. The molecule has 140 valence electrons. The van der Waals surface area contributed by atoms with Crippen LogP contribution in [0.25, 0.3) is 10.3 Å². The molecule has 2 aromatic heterocycles.